The van der Waals surface area contributed by atoms with Crippen LogP contribution in [0, 0.1) is 0 Å². The summed E-state index contributed by atoms with van der Waals surface area (Å²) in [6.07, 6.45) is 2.72. The number of carbonyl (C=O) groups is 2. The smallest absolute Gasteiger partial charge is 0.337 e. The van der Waals surface area contributed by atoms with Gasteiger partial charge in [0.2, 0.25) is 0 Å². The fraction of sp³-hybridized carbons (Fsp3) is 0.0833. The largest absolute Gasteiger partial charge is 0.497 e. The van der Waals surface area contributed by atoms with Gasteiger partial charge in [-0.25, -0.2) is 14.6 Å². The molecule has 2 rings (SSSR count). The van der Waals surface area contributed by atoms with Gasteiger partial charge in [0.25, 0.3) is 5.95 Å². The zero-order valence-electron chi connectivity index (χ0n) is 10.9. The number of rotatable bonds is 4. The van der Waals surface area contributed by atoms with Gasteiger partial charge in [0, 0.05) is 0 Å². The van der Waals surface area contributed by atoms with Crippen molar-refractivity contribution in [2.45, 2.75) is 0 Å². The maximum absolute atomic E-state index is 11.8. The molecule has 0 saturated heterocycles. The van der Waals surface area contributed by atoms with E-state index in [9.17, 15) is 9.59 Å². The number of aromatic nitrogens is 3. The Balaban J connectivity index is 2.15. The van der Waals surface area contributed by atoms with E-state index in [1.807, 2.05) is 0 Å². The molecule has 3 N–H and O–H groups in total. The number of urea groups is 1. The van der Waals surface area contributed by atoms with E-state index >= 15 is 0 Å². The predicted molar refractivity (Wildman–Crippen MR) is 72.4 cm³/mol. The minimum absolute atomic E-state index is 0.000358. The third kappa shape index (κ3) is 3.62. The highest BCUT2D eigenvalue weighted by Crippen LogP contribution is 2.22. The van der Waals surface area contributed by atoms with Crippen LogP contribution in [0.15, 0.2) is 30.6 Å². The number of methoxy groups -OCH3 is 1. The number of carbonyl (C=O) groups excluding carboxylic acids is 1. The molecule has 0 radical (unpaired) electrons. The molecule has 2 amide bonds. The normalized spacial score (nSPS) is 9.76. The van der Waals surface area contributed by atoms with Crippen molar-refractivity contribution < 1.29 is 19.4 Å². The predicted octanol–water partition coefficient (Wildman–Crippen LogP) is 1.22. The summed E-state index contributed by atoms with van der Waals surface area (Å²) >= 11 is 0. The van der Waals surface area contributed by atoms with Crippen molar-refractivity contribution in [3.05, 3.63) is 36.2 Å². The lowest BCUT2D eigenvalue weighted by Gasteiger charge is -2.10. The molecule has 1 aromatic carbocycles. The Morgan fingerprint density at radius 1 is 1.24 bits per heavy atom. The molecule has 0 aliphatic heterocycles. The van der Waals surface area contributed by atoms with E-state index in [2.05, 4.69) is 25.8 Å². The Hall–Kier alpha value is -3.23. The number of carboxylic acid groups (broad SMARTS) is 1. The molecular formula is C12H11N5O4. The maximum Gasteiger partial charge on any atom is 0.337 e. The van der Waals surface area contributed by atoms with Gasteiger partial charge in [-0.1, -0.05) is 0 Å². The van der Waals surface area contributed by atoms with E-state index in [0.717, 1.165) is 0 Å². The van der Waals surface area contributed by atoms with Crippen LogP contribution in [0.5, 0.6) is 5.75 Å². The van der Waals surface area contributed by atoms with Crippen molar-refractivity contribution in [2.75, 3.05) is 17.7 Å². The van der Waals surface area contributed by atoms with E-state index in [1.165, 1.54) is 37.7 Å². The van der Waals surface area contributed by atoms with E-state index < -0.39 is 12.0 Å². The van der Waals surface area contributed by atoms with Crippen molar-refractivity contribution in [1.29, 1.82) is 0 Å². The fourth-order valence-corrected chi connectivity index (χ4v) is 1.50. The Morgan fingerprint density at radius 3 is 2.67 bits per heavy atom. The molecule has 2 aromatic rings. The van der Waals surface area contributed by atoms with Gasteiger partial charge in [-0.15, -0.1) is 5.10 Å². The van der Waals surface area contributed by atoms with E-state index in [4.69, 9.17) is 9.84 Å². The van der Waals surface area contributed by atoms with Gasteiger partial charge in [0.15, 0.2) is 0 Å². The molecule has 0 fully saturated rings. The topological polar surface area (TPSA) is 126 Å². The number of aromatic carboxylic acids is 1. The van der Waals surface area contributed by atoms with Gasteiger partial charge in [-0.2, -0.15) is 5.10 Å². The number of hydrogen-bond acceptors (Lipinski definition) is 6. The van der Waals surface area contributed by atoms with Crippen LogP contribution < -0.4 is 15.4 Å². The zero-order valence-corrected chi connectivity index (χ0v) is 10.9. The number of nitrogens with zero attached hydrogens (tertiary/aromatic N) is 3. The molecule has 108 valence electrons. The van der Waals surface area contributed by atoms with Crippen molar-refractivity contribution >= 4 is 23.6 Å². The minimum atomic E-state index is -1.19. The highest BCUT2D eigenvalue weighted by atomic mass is 16.5. The summed E-state index contributed by atoms with van der Waals surface area (Å²) in [5.74, 6) is -0.823. The summed E-state index contributed by atoms with van der Waals surface area (Å²) < 4.78 is 4.94. The summed E-state index contributed by atoms with van der Waals surface area (Å²) in [5.41, 5.74) is 0.0151. The SMILES string of the molecule is COc1ccc(NC(=O)Nc2nccnn2)c(C(=O)O)c1. The maximum atomic E-state index is 11.8. The molecule has 0 aliphatic carbocycles. The quantitative estimate of drug-likeness (QED) is 0.772. The van der Waals surface area contributed by atoms with Gasteiger partial charge in [0.05, 0.1) is 30.8 Å². The van der Waals surface area contributed by atoms with Gasteiger partial charge in [-0.3, -0.25) is 5.32 Å². The minimum Gasteiger partial charge on any atom is -0.497 e. The Morgan fingerprint density at radius 2 is 2.05 bits per heavy atom. The number of benzene rings is 1. The highest BCUT2D eigenvalue weighted by Gasteiger charge is 2.14. The average molecular weight is 289 g/mol. The van der Waals surface area contributed by atoms with Crippen LogP contribution in [0.1, 0.15) is 10.4 Å². The highest BCUT2D eigenvalue weighted by molar-refractivity contribution is 6.04. The molecular weight excluding hydrogens is 278 g/mol. The van der Waals surface area contributed by atoms with Crippen molar-refractivity contribution in [3.8, 4) is 5.75 Å². The van der Waals surface area contributed by atoms with Gasteiger partial charge < -0.3 is 15.2 Å². The van der Waals surface area contributed by atoms with Crippen molar-refractivity contribution in [2.24, 2.45) is 0 Å². The first-order valence-corrected chi connectivity index (χ1v) is 5.73. The summed E-state index contributed by atoms with van der Waals surface area (Å²) in [7, 11) is 1.42. The van der Waals surface area contributed by atoms with Crippen LogP contribution in [-0.4, -0.2) is 39.4 Å². The van der Waals surface area contributed by atoms with Crippen LogP contribution in [0.2, 0.25) is 0 Å². The van der Waals surface area contributed by atoms with E-state index in [1.54, 1.807) is 0 Å². The first kappa shape index (κ1) is 14.2. The number of amides is 2. The van der Waals surface area contributed by atoms with Gasteiger partial charge >= 0.3 is 12.0 Å². The van der Waals surface area contributed by atoms with Crippen LogP contribution in [0.3, 0.4) is 0 Å². The lowest BCUT2D eigenvalue weighted by molar-refractivity contribution is 0.0697. The first-order chi connectivity index (χ1) is 10.1. The summed E-state index contributed by atoms with van der Waals surface area (Å²) in [6, 6.07) is 3.57. The standard InChI is InChI=1S/C12H11N5O4/c1-21-7-2-3-9(8(6-7)10(18)19)15-12(20)16-11-13-4-5-14-17-11/h2-6H,1H3,(H,18,19)(H2,13,15,16,17,20). The van der Waals surface area contributed by atoms with Gasteiger partial charge in [0.1, 0.15) is 5.75 Å². The first-order valence-electron chi connectivity index (χ1n) is 5.73. The molecule has 21 heavy (non-hydrogen) atoms. The molecule has 0 spiro atoms. The second kappa shape index (κ2) is 6.28. The fourth-order valence-electron chi connectivity index (χ4n) is 1.50. The van der Waals surface area contributed by atoms with Crippen LogP contribution in [0.4, 0.5) is 16.4 Å². The third-order valence-corrected chi connectivity index (χ3v) is 2.41. The molecule has 0 bridgehead atoms. The van der Waals surface area contributed by atoms with Crippen molar-refractivity contribution in [1.82, 2.24) is 15.2 Å². The molecule has 0 atom stereocenters. The third-order valence-electron chi connectivity index (χ3n) is 2.41. The monoisotopic (exact) mass is 289 g/mol. The molecule has 1 heterocycles. The Kier molecular flexibility index (Phi) is 4.24. The molecule has 0 aliphatic rings. The van der Waals surface area contributed by atoms with Crippen molar-refractivity contribution in [3.63, 3.8) is 0 Å². The molecule has 9 nitrogen and oxygen atoms in total. The van der Waals surface area contributed by atoms with Crippen LogP contribution in [-0.2, 0) is 0 Å². The van der Waals surface area contributed by atoms with Crippen LogP contribution in [0.25, 0.3) is 0 Å². The Labute approximate surface area is 119 Å². The lowest BCUT2D eigenvalue weighted by atomic mass is 10.1. The second-order valence-electron chi connectivity index (χ2n) is 3.76. The average Bonchev–Trinajstić information content (AvgIpc) is 2.48. The summed E-state index contributed by atoms with van der Waals surface area (Å²) in [6.45, 7) is 0. The number of ether oxygens (including phenoxy) is 1. The lowest BCUT2D eigenvalue weighted by Crippen LogP contribution is -2.22. The Bertz CT molecular complexity index is 662. The zero-order chi connectivity index (χ0) is 15.2. The van der Waals surface area contributed by atoms with Crippen LogP contribution >= 0.6 is 0 Å². The van der Waals surface area contributed by atoms with Gasteiger partial charge in [-0.05, 0) is 18.2 Å². The number of nitrogens with one attached hydrogen (secondary N) is 2. The second-order valence-corrected chi connectivity index (χ2v) is 3.76. The molecule has 9 heteroatoms. The summed E-state index contributed by atoms with van der Waals surface area (Å²) in [4.78, 5) is 26.7. The van der Waals surface area contributed by atoms with E-state index in [-0.39, 0.29) is 17.2 Å². The number of hydrogen-bond donors (Lipinski definition) is 3. The molecule has 0 saturated carbocycles. The number of anilines is 2. The summed E-state index contributed by atoms with van der Waals surface area (Å²) in [5, 5.41) is 21.0. The molecule has 1 aromatic heterocycles. The number of carboxylic acids is 1. The molecule has 0 unspecified atom stereocenters. The van der Waals surface area contributed by atoms with E-state index in [0.29, 0.717) is 5.75 Å².